The Morgan fingerprint density at radius 2 is 1.53 bits per heavy atom. The average molecular weight is 421 g/mol. The molecule has 4 nitrogen and oxygen atoms in total. The Labute approximate surface area is 177 Å². The van der Waals surface area contributed by atoms with Gasteiger partial charge in [0.15, 0.2) is 11.1 Å². The molecule has 1 aromatic heterocycles. The van der Waals surface area contributed by atoms with Crippen molar-refractivity contribution in [2.45, 2.75) is 18.7 Å². The average Bonchev–Trinajstić information content (AvgIpc) is 3.18. The number of rotatable bonds is 7. The Morgan fingerprint density at radius 1 is 0.867 bits per heavy atom. The van der Waals surface area contributed by atoms with E-state index in [2.05, 4.69) is 12.1 Å². The van der Waals surface area contributed by atoms with Crippen molar-refractivity contribution in [3.63, 3.8) is 0 Å². The number of aryl methyl sites for hydroxylation is 2. The molecule has 3 aromatic carbocycles. The molecule has 0 aliphatic rings. The summed E-state index contributed by atoms with van der Waals surface area (Å²) in [6.07, 6.45) is 2.84. The van der Waals surface area contributed by atoms with Crippen LogP contribution >= 0.6 is 0 Å². The van der Waals surface area contributed by atoms with Crippen molar-refractivity contribution in [1.29, 1.82) is 0 Å². The van der Waals surface area contributed by atoms with Crippen LogP contribution in [0.4, 0.5) is 4.39 Å². The van der Waals surface area contributed by atoms with Crippen molar-refractivity contribution in [2.24, 2.45) is 0 Å². The third kappa shape index (κ3) is 4.90. The Kier molecular flexibility index (Phi) is 6.16. The summed E-state index contributed by atoms with van der Waals surface area (Å²) in [5, 5.41) is 4.80. The third-order valence-electron chi connectivity index (χ3n) is 4.91. The summed E-state index contributed by atoms with van der Waals surface area (Å²) in [7, 11) is 0. The monoisotopic (exact) mass is 420 g/mol. The standard InChI is InChI=1S/C24H21FN2O2S/c25-22-12-10-20(11-13-22)23-16-27(15-14-18-4-2-1-3-5-18)26-24(23)21-8-6-19(7-9-21)17-30(28)29/h1-13,16H,14-15,17H2,(H,28,29). The fraction of sp³-hybridized carbons (Fsp3) is 0.125. The lowest BCUT2D eigenvalue weighted by molar-refractivity contribution is 0.563. The number of hydrogen-bond donors (Lipinski definition) is 1. The van der Waals surface area contributed by atoms with E-state index in [1.54, 1.807) is 12.1 Å². The molecule has 6 heteroatoms. The molecule has 4 aromatic rings. The van der Waals surface area contributed by atoms with Crippen LogP contribution in [0.3, 0.4) is 0 Å². The Hall–Kier alpha value is -3.09. The minimum absolute atomic E-state index is 0.0939. The van der Waals surface area contributed by atoms with Gasteiger partial charge in [-0.05, 0) is 35.2 Å². The van der Waals surface area contributed by atoms with Gasteiger partial charge in [-0.2, -0.15) is 5.10 Å². The second-order valence-electron chi connectivity index (χ2n) is 7.06. The molecule has 0 saturated carbocycles. The van der Waals surface area contributed by atoms with E-state index in [0.29, 0.717) is 0 Å². The van der Waals surface area contributed by atoms with Crippen molar-refractivity contribution >= 4 is 11.1 Å². The fourth-order valence-electron chi connectivity index (χ4n) is 3.38. The molecule has 1 heterocycles. The summed E-state index contributed by atoms with van der Waals surface area (Å²) >= 11 is -1.88. The predicted molar refractivity (Wildman–Crippen MR) is 118 cm³/mol. The van der Waals surface area contributed by atoms with Crippen LogP contribution in [0.25, 0.3) is 22.4 Å². The molecule has 1 atom stereocenters. The SMILES string of the molecule is O=S(O)Cc1ccc(-c2nn(CCc3ccccc3)cc2-c2ccc(F)cc2)cc1. The summed E-state index contributed by atoms with van der Waals surface area (Å²) in [6, 6.07) is 24.1. The zero-order valence-corrected chi connectivity index (χ0v) is 17.1. The summed E-state index contributed by atoms with van der Waals surface area (Å²) in [6.45, 7) is 0.722. The molecule has 4 rings (SSSR count). The van der Waals surface area contributed by atoms with E-state index in [-0.39, 0.29) is 11.6 Å². The van der Waals surface area contributed by atoms with Gasteiger partial charge in [0.2, 0.25) is 0 Å². The van der Waals surface area contributed by atoms with Gasteiger partial charge >= 0.3 is 0 Å². The quantitative estimate of drug-likeness (QED) is 0.412. The van der Waals surface area contributed by atoms with E-state index in [1.165, 1.54) is 17.7 Å². The van der Waals surface area contributed by atoms with E-state index >= 15 is 0 Å². The molecule has 0 spiro atoms. The van der Waals surface area contributed by atoms with Gasteiger partial charge < -0.3 is 4.55 Å². The van der Waals surface area contributed by atoms with Crippen LogP contribution in [-0.4, -0.2) is 18.5 Å². The third-order valence-corrected chi connectivity index (χ3v) is 5.49. The fourth-order valence-corrected chi connectivity index (χ4v) is 3.86. The zero-order chi connectivity index (χ0) is 20.9. The molecule has 0 radical (unpaired) electrons. The maximum atomic E-state index is 13.4. The van der Waals surface area contributed by atoms with Crippen LogP contribution in [-0.2, 0) is 29.8 Å². The molecule has 0 saturated heterocycles. The first kappa shape index (κ1) is 20.2. The second kappa shape index (κ2) is 9.15. The Balaban J connectivity index is 1.67. The lowest BCUT2D eigenvalue weighted by atomic mass is 10.0. The molecule has 0 amide bonds. The highest BCUT2D eigenvalue weighted by molar-refractivity contribution is 7.78. The highest BCUT2D eigenvalue weighted by atomic mass is 32.2. The summed E-state index contributed by atoms with van der Waals surface area (Å²) in [5.41, 5.74) is 5.52. The van der Waals surface area contributed by atoms with Crippen LogP contribution in [0.2, 0.25) is 0 Å². The first-order chi connectivity index (χ1) is 14.6. The number of halogens is 1. The number of hydrogen-bond acceptors (Lipinski definition) is 2. The molecule has 0 bridgehead atoms. The first-order valence-electron chi connectivity index (χ1n) is 9.62. The highest BCUT2D eigenvalue weighted by Crippen LogP contribution is 2.31. The molecule has 0 fully saturated rings. The van der Waals surface area contributed by atoms with Crippen molar-refractivity contribution in [1.82, 2.24) is 9.78 Å². The zero-order valence-electron chi connectivity index (χ0n) is 16.2. The highest BCUT2D eigenvalue weighted by Gasteiger charge is 2.14. The van der Waals surface area contributed by atoms with Crippen molar-refractivity contribution < 1.29 is 13.2 Å². The van der Waals surface area contributed by atoms with Crippen LogP contribution < -0.4 is 0 Å². The molecule has 0 aliphatic carbocycles. The predicted octanol–water partition coefficient (Wildman–Crippen LogP) is 5.32. The maximum absolute atomic E-state index is 13.4. The molecule has 1 unspecified atom stereocenters. The Morgan fingerprint density at radius 3 is 2.20 bits per heavy atom. The van der Waals surface area contributed by atoms with Crippen molar-refractivity contribution in [3.05, 3.63) is 102 Å². The van der Waals surface area contributed by atoms with Crippen molar-refractivity contribution in [3.8, 4) is 22.4 Å². The van der Waals surface area contributed by atoms with Gasteiger partial charge in [-0.15, -0.1) is 0 Å². The van der Waals surface area contributed by atoms with Crippen molar-refractivity contribution in [2.75, 3.05) is 0 Å². The van der Waals surface area contributed by atoms with Gasteiger partial charge in [0.1, 0.15) is 11.5 Å². The molecule has 0 aliphatic heterocycles. The van der Waals surface area contributed by atoms with Crippen LogP contribution in [0, 0.1) is 5.82 Å². The molecular weight excluding hydrogens is 399 g/mol. The second-order valence-corrected chi connectivity index (χ2v) is 7.99. The molecule has 1 N–H and O–H groups in total. The molecular formula is C24H21FN2O2S. The molecule has 152 valence electrons. The van der Waals surface area contributed by atoms with Gasteiger partial charge in [-0.3, -0.25) is 4.68 Å². The number of benzene rings is 3. The number of nitrogens with zero attached hydrogens (tertiary/aromatic N) is 2. The van der Waals surface area contributed by atoms with E-state index < -0.39 is 11.1 Å². The largest absolute Gasteiger partial charge is 0.306 e. The lowest BCUT2D eigenvalue weighted by Gasteiger charge is -2.04. The maximum Gasteiger partial charge on any atom is 0.157 e. The minimum atomic E-state index is -1.88. The van der Waals surface area contributed by atoms with Crippen LogP contribution in [0.15, 0.2) is 85.1 Å². The summed E-state index contributed by atoms with van der Waals surface area (Å²) in [5.74, 6) is -0.186. The van der Waals surface area contributed by atoms with E-state index in [0.717, 1.165) is 40.9 Å². The van der Waals surface area contributed by atoms with Gasteiger partial charge in [-0.25, -0.2) is 8.60 Å². The van der Waals surface area contributed by atoms with Gasteiger partial charge in [0.25, 0.3) is 0 Å². The normalized spacial score (nSPS) is 12.1. The lowest BCUT2D eigenvalue weighted by Crippen LogP contribution is -2.02. The van der Waals surface area contributed by atoms with E-state index in [1.807, 2.05) is 53.3 Å². The summed E-state index contributed by atoms with van der Waals surface area (Å²) in [4.78, 5) is 0. The topological polar surface area (TPSA) is 55.1 Å². The van der Waals surface area contributed by atoms with E-state index in [9.17, 15) is 8.60 Å². The summed E-state index contributed by atoms with van der Waals surface area (Å²) < 4.78 is 35.5. The molecule has 30 heavy (non-hydrogen) atoms. The van der Waals surface area contributed by atoms with Gasteiger partial charge in [-0.1, -0.05) is 66.7 Å². The van der Waals surface area contributed by atoms with Crippen LogP contribution in [0.5, 0.6) is 0 Å². The van der Waals surface area contributed by atoms with E-state index in [4.69, 9.17) is 9.65 Å². The Bertz CT molecular complexity index is 1140. The smallest absolute Gasteiger partial charge is 0.157 e. The minimum Gasteiger partial charge on any atom is -0.306 e. The first-order valence-corrected chi connectivity index (χ1v) is 10.9. The van der Waals surface area contributed by atoms with Gasteiger partial charge in [0, 0.05) is 23.9 Å². The number of aromatic nitrogens is 2. The van der Waals surface area contributed by atoms with Crippen LogP contribution in [0.1, 0.15) is 11.1 Å². The van der Waals surface area contributed by atoms with Gasteiger partial charge in [0.05, 0.1) is 5.75 Å².